The van der Waals surface area contributed by atoms with Gasteiger partial charge in [-0.2, -0.15) is 0 Å². The van der Waals surface area contributed by atoms with Crippen molar-refractivity contribution >= 4 is 16.9 Å². The lowest BCUT2D eigenvalue weighted by Crippen LogP contribution is -2.50. The molecule has 1 aliphatic heterocycles. The molecule has 4 rings (SSSR count). The van der Waals surface area contributed by atoms with Crippen LogP contribution in [0.2, 0.25) is 0 Å². The highest BCUT2D eigenvalue weighted by molar-refractivity contribution is 6.04. The van der Waals surface area contributed by atoms with Crippen LogP contribution in [0.4, 0.5) is 0 Å². The highest BCUT2D eigenvalue weighted by Crippen LogP contribution is 2.30. The van der Waals surface area contributed by atoms with Crippen LogP contribution in [-0.4, -0.2) is 45.5 Å². The third kappa shape index (κ3) is 2.45. The molecular formula is C18H18N4O2. The lowest BCUT2D eigenvalue weighted by molar-refractivity contribution is -0.0930. The number of H-pyrrole nitrogens is 1. The van der Waals surface area contributed by atoms with Crippen molar-refractivity contribution in [3.63, 3.8) is 0 Å². The Hall–Kier alpha value is -2.73. The van der Waals surface area contributed by atoms with E-state index in [4.69, 9.17) is 4.74 Å². The number of nitrogens with one attached hydrogen (secondary N) is 1. The summed E-state index contributed by atoms with van der Waals surface area (Å²) in [4.78, 5) is 26.2. The first-order valence-electron chi connectivity index (χ1n) is 7.93. The Bertz CT molecular complexity index is 877. The summed E-state index contributed by atoms with van der Waals surface area (Å²) in [5, 5.41) is 0. The van der Waals surface area contributed by atoms with E-state index in [1.807, 2.05) is 42.2 Å². The number of fused-ring (bicyclic) bond motifs is 1. The molecule has 6 heteroatoms. The molecular weight excluding hydrogens is 304 g/mol. The molecule has 2 aromatic heterocycles. The van der Waals surface area contributed by atoms with Gasteiger partial charge in [0.15, 0.2) is 0 Å². The molecule has 1 fully saturated rings. The number of amides is 1. The van der Waals surface area contributed by atoms with Gasteiger partial charge in [-0.3, -0.25) is 9.78 Å². The number of rotatable bonds is 2. The third-order valence-electron chi connectivity index (χ3n) is 4.51. The summed E-state index contributed by atoms with van der Waals surface area (Å²) in [6.45, 7) is 3.58. The van der Waals surface area contributed by atoms with E-state index >= 15 is 0 Å². The average molecular weight is 322 g/mol. The molecule has 1 unspecified atom stereocenters. The number of carbonyl (C=O) groups is 1. The van der Waals surface area contributed by atoms with Crippen LogP contribution in [-0.2, 0) is 10.3 Å². The van der Waals surface area contributed by atoms with Crippen molar-refractivity contribution < 1.29 is 9.53 Å². The minimum absolute atomic E-state index is 0.0642. The summed E-state index contributed by atoms with van der Waals surface area (Å²) in [6.07, 6.45) is 4.84. The molecule has 0 radical (unpaired) electrons. The fraction of sp³-hybridized carbons (Fsp3) is 0.278. The van der Waals surface area contributed by atoms with Gasteiger partial charge in [0.05, 0.1) is 36.8 Å². The van der Waals surface area contributed by atoms with E-state index in [2.05, 4.69) is 15.0 Å². The molecule has 3 aromatic rings. The Morgan fingerprint density at radius 1 is 1.29 bits per heavy atom. The van der Waals surface area contributed by atoms with Crippen molar-refractivity contribution in [1.82, 2.24) is 19.9 Å². The largest absolute Gasteiger partial charge is 0.367 e. The molecule has 1 N–H and O–H groups in total. The number of aromatic nitrogens is 3. The van der Waals surface area contributed by atoms with Gasteiger partial charge < -0.3 is 14.6 Å². The van der Waals surface area contributed by atoms with Gasteiger partial charge in [0.25, 0.3) is 5.91 Å². The molecule has 24 heavy (non-hydrogen) atoms. The normalized spacial score (nSPS) is 21.1. The maximum Gasteiger partial charge on any atom is 0.257 e. The SMILES string of the molecule is CC1(c2ccccc2)CN(C(=O)c2cncc3[nH]cnc23)CCO1. The van der Waals surface area contributed by atoms with Crippen LogP contribution in [0.1, 0.15) is 22.8 Å². The van der Waals surface area contributed by atoms with Gasteiger partial charge in [0.2, 0.25) is 0 Å². The minimum Gasteiger partial charge on any atom is -0.367 e. The summed E-state index contributed by atoms with van der Waals surface area (Å²) in [7, 11) is 0. The van der Waals surface area contributed by atoms with Crippen LogP contribution in [0.15, 0.2) is 49.1 Å². The molecule has 1 atom stereocenters. The van der Waals surface area contributed by atoms with E-state index in [-0.39, 0.29) is 5.91 Å². The number of ether oxygens (including phenoxy) is 1. The highest BCUT2D eigenvalue weighted by atomic mass is 16.5. The molecule has 1 saturated heterocycles. The van der Waals surface area contributed by atoms with Gasteiger partial charge in [-0.15, -0.1) is 0 Å². The van der Waals surface area contributed by atoms with Crippen LogP contribution in [0.3, 0.4) is 0 Å². The zero-order valence-corrected chi connectivity index (χ0v) is 13.4. The van der Waals surface area contributed by atoms with Crippen molar-refractivity contribution in [3.8, 4) is 0 Å². The lowest BCUT2D eigenvalue weighted by Gasteiger charge is -2.40. The van der Waals surface area contributed by atoms with Gasteiger partial charge in [-0.1, -0.05) is 30.3 Å². The van der Waals surface area contributed by atoms with Crippen molar-refractivity contribution in [3.05, 3.63) is 60.2 Å². The Morgan fingerprint density at radius 3 is 2.96 bits per heavy atom. The van der Waals surface area contributed by atoms with Gasteiger partial charge in [-0.05, 0) is 12.5 Å². The Kier molecular flexibility index (Phi) is 3.54. The zero-order valence-electron chi connectivity index (χ0n) is 13.4. The maximum absolute atomic E-state index is 13.0. The summed E-state index contributed by atoms with van der Waals surface area (Å²) in [5.41, 5.74) is 2.50. The van der Waals surface area contributed by atoms with Crippen molar-refractivity contribution in [2.45, 2.75) is 12.5 Å². The minimum atomic E-state index is -0.512. The second kappa shape index (κ2) is 5.72. The van der Waals surface area contributed by atoms with E-state index in [0.29, 0.717) is 30.8 Å². The molecule has 1 aliphatic rings. The Labute approximate surface area is 139 Å². The predicted molar refractivity (Wildman–Crippen MR) is 89.5 cm³/mol. The first-order valence-corrected chi connectivity index (χ1v) is 7.93. The third-order valence-corrected chi connectivity index (χ3v) is 4.51. The molecule has 0 spiro atoms. The monoisotopic (exact) mass is 322 g/mol. The quantitative estimate of drug-likeness (QED) is 0.786. The van der Waals surface area contributed by atoms with Crippen LogP contribution in [0.25, 0.3) is 11.0 Å². The molecule has 122 valence electrons. The molecule has 3 heterocycles. The number of benzene rings is 1. The molecule has 0 aliphatic carbocycles. The number of pyridine rings is 1. The predicted octanol–water partition coefficient (Wildman–Crippen LogP) is 2.35. The lowest BCUT2D eigenvalue weighted by atomic mass is 9.93. The summed E-state index contributed by atoms with van der Waals surface area (Å²) >= 11 is 0. The first-order chi connectivity index (χ1) is 11.7. The molecule has 6 nitrogen and oxygen atoms in total. The Balaban J connectivity index is 1.65. The molecule has 1 aromatic carbocycles. The van der Waals surface area contributed by atoms with Gasteiger partial charge in [0.1, 0.15) is 11.1 Å². The summed E-state index contributed by atoms with van der Waals surface area (Å²) in [6, 6.07) is 10.0. The number of hydrogen-bond acceptors (Lipinski definition) is 4. The number of aromatic amines is 1. The van der Waals surface area contributed by atoms with Gasteiger partial charge in [0, 0.05) is 12.7 Å². The standard InChI is InChI=1S/C18H18N4O2/c1-18(13-5-3-2-4-6-13)11-22(7-8-24-18)17(23)14-9-19-10-15-16(14)21-12-20-15/h2-6,9-10,12H,7-8,11H2,1H3,(H,20,21). The fourth-order valence-electron chi connectivity index (χ4n) is 3.20. The van der Waals surface area contributed by atoms with Crippen molar-refractivity contribution in [1.29, 1.82) is 0 Å². The van der Waals surface area contributed by atoms with Crippen molar-refractivity contribution in [2.75, 3.05) is 19.7 Å². The summed E-state index contributed by atoms with van der Waals surface area (Å²) < 4.78 is 6.01. The van der Waals surface area contributed by atoms with E-state index < -0.39 is 5.60 Å². The maximum atomic E-state index is 13.0. The number of nitrogens with zero attached hydrogens (tertiary/aromatic N) is 3. The molecule has 1 amide bonds. The second-order valence-electron chi connectivity index (χ2n) is 6.16. The molecule has 0 bridgehead atoms. The Morgan fingerprint density at radius 2 is 2.12 bits per heavy atom. The second-order valence-corrected chi connectivity index (χ2v) is 6.16. The number of carbonyl (C=O) groups excluding carboxylic acids is 1. The molecule has 0 saturated carbocycles. The summed E-state index contributed by atoms with van der Waals surface area (Å²) in [5.74, 6) is -0.0642. The van der Waals surface area contributed by atoms with Crippen LogP contribution < -0.4 is 0 Å². The highest BCUT2D eigenvalue weighted by Gasteiger charge is 2.36. The fourth-order valence-corrected chi connectivity index (χ4v) is 3.20. The van der Waals surface area contributed by atoms with E-state index in [0.717, 1.165) is 11.1 Å². The number of morpholine rings is 1. The van der Waals surface area contributed by atoms with Crippen LogP contribution >= 0.6 is 0 Å². The van der Waals surface area contributed by atoms with E-state index in [1.165, 1.54) is 0 Å². The van der Waals surface area contributed by atoms with Crippen LogP contribution in [0.5, 0.6) is 0 Å². The topological polar surface area (TPSA) is 71.1 Å². The van der Waals surface area contributed by atoms with Gasteiger partial charge in [-0.25, -0.2) is 4.98 Å². The smallest absolute Gasteiger partial charge is 0.257 e. The van der Waals surface area contributed by atoms with Crippen molar-refractivity contribution in [2.24, 2.45) is 0 Å². The van der Waals surface area contributed by atoms with Gasteiger partial charge >= 0.3 is 0 Å². The number of imidazole rings is 1. The van der Waals surface area contributed by atoms with Crippen LogP contribution in [0, 0.1) is 0 Å². The van der Waals surface area contributed by atoms with E-state index in [1.54, 1.807) is 18.7 Å². The zero-order chi connectivity index (χ0) is 16.6. The van der Waals surface area contributed by atoms with E-state index in [9.17, 15) is 4.79 Å². The number of hydrogen-bond donors (Lipinski definition) is 1. The first kappa shape index (κ1) is 14.8. The average Bonchev–Trinajstić information content (AvgIpc) is 3.11.